The van der Waals surface area contributed by atoms with Crippen molar-refractivity contribution in [3.63, 3.8) is 0 Å². The second-order valence-electron chi connectivity index (χ2n) is 2.78. The van der Waals surface area contributed by atoms with Gasteiger partial charge in [0, 0.05) is 18.7 Å². The minimum Gasteiger partial charge on any atom is -0.382 e. The molecule has 1 unspecified atom stereocenters. The van der Waals surface area contributed by atoms with Gasteiger partial charge in [-0.05, 0) is 13.8 Å². The Labute approximate surface area is 65.6 Å². The summed E-state index contributed by atoms with van der Waals surface area (Å²) in [6, 6.07) is 0.159. The average molecular weight is 156 g/mol. The Morgan fingerprint density at radius 1 is 1.82 bits per heavy atom. The van der Waals surface area contributed by atoms with Gasteiger partial charge in [0.25, 0.3) is 5.91 Å². The lowest BCUT2D eigenvalue weighted by atomic mass is 10.2. The zero-order valence-corrected chi connectivity index (χ0v) is 6.70. The first-order valence-corrected chi connectivity index (χ1v) is 3.68. The van der Waals surface area contributed by atoms with E-state index in [0.29, 0.717) is 6.42 Å². The van der Waals surface area contributed by atoms with Crippen molar-refractivity contribution in [2.24, 2.45) is 5.16 Å². The molecule has 0 aliphatic carbocycles. The second-order valence-corrected chi connectivity index (χ2v) is 2.78. The summed E-state index contributed by atoms with van der Waals surface area (Å²) in [5.74, 6) is -0.0856. The van der Waals surface area contributed by atoms with Gasteiger partial charge in [-0.3, -0.25) is 4.79 Å². The summed E-state index contributed by atoms with van der Waals surface area (Å²) in [7, 11) is 0. The highest BCUT2D eigenvalue weighted by molar-refractivity contribution is 5.84. The molecule has 11 heavy (non-hydrogen) atoms. The summed E-state index contributed by atoms with van der Waals surface area (Å²) >= 11 is 0. The summed E-state index contributed by atoms with van der Waals surface area (Å²) in [5.41, 5.74) is 0. The predicted molar refractivity (Wildman–Crippen MR) is 41.3 cm³/mol. The molecule has 1 N–H and O–H groups in total. The van der Waals surface area contributed by atoms with Crippen LogP contribution in [0.3, 0.4) is 0 Å². The summed E-state index contributed by atoms with van der Waals surface area (Å²) < 4.78 is 0. The molecule has 0 aromatic carbocycles. The molecule has 0 saturated carbocycles. The monoisotopic (exact) mass is 156 g/mol. The summed E-state index contributed by atoms with van der Waals surface area (Å²) in [6.07, 6.45) is 1.78. The van der Waals surface area contributed by atoms with E-state index in [1.807, 2.05) is 13.8 Å². The first-order valence-electron chi connectivity index (χ1n) is 3.68. The van der Waals surface area contributed by atoms with E-state index < -0.39 is 6.10 Å². The summed E-state index contributed by atoms with van der Waals surface area (Å²) in [6.45, 7) is 3.82. The Hall–Kier alpha value is -1.06. The average Bonchev–Trinajstić information content (AvgIpc) is 2.35. The second kappa shape index (κ2) is 3.37. The first-order chi connectivity index (χ1) is 5.20. The maximum Gasteiger partial charge on any atom is 0.264 e. The van der Waals surface area contributed by atoms with Crippen molar-refractivity contribution in [1.29, 1.82) is 0 Å². The van der Waals surface area contributed by atoms with Gasteiger partial charge in [0.05, 0.1) is 0 Å². The molecule has 1 heterocycles. The van der Waals surface area contributed by atoms with Crippen LogP contribution < -0.4 is 5.32 Å². The maximum absolute atomic E-state index is 11.1. The maximum atomic E-state index is 11.1. The molecule has 0 aromatic rings. The van der Waals surface area contributed by atoms with E-state index in [0.717, 1.165) is 0 Å². The molecule has 1 aliphatic heterocycles. The summed E-state index contributed by atoms with van der Waals surface area (Å²) in [4.78, 5) is 15.9. The number of carbonyl (C=O) groups is 1. The minimum atomic E-state index is -0.405. The van der Waals surface area contributed by atoms with Crippen LogP contribution in [0.15, 0.2) is 5.16 Å². The molecule has 1 aliphatic rings. The van der Waals surface area contributed by atoms with E-state index >= 15 is 0 Å². The zero-order chi connectivity index (χ0) is 8.27. The number of amides is 1. The number of hydrogen-bond acceptors (Lipinski definition) is 3. The van der Waals surface area contributed by atoms with Crippen LogP contribution in [-0.2, 0) is 9.63 Å². The van der Waals surface area contributed by atoms with Gasteiger partial charge < -0.3 is 10.2 Å². The quantitative estimate of drug-likeness (QED) is 0.624. The third-order valence-electron chi connectivity index (χ3n) is 1.31. The zero-order valence-electron chi connectivity index (χ0n) is 6.70. The molecule has 0 fully saturated rings. The van der Waals surface area contributed by atoms with Crippen molar-refractivity contribution in [3.05, 3.63) is 0 Å². The standard InChI is InChI=1S/C7H12N2O2/c1-5(2)9-7(10)6-3-4-8-11-6/h4-6H,3H2,1-2H3,(H,9,10). The van der Waals surface area contributed by atoms with Gasteiger partial charge in [0.15, 0.2) is 0 Å². The smallest absolute Gasteiger partial charge is 0.264 e. The van der Waals surface area contributed by atoms with Crippen LogP contribution in [0.5, 0.6) is 0 Å². The van der Waals surface area contributed by atoms with Crippen LogP contribution in [0, 0.1) is 0 Å². The van der Waals surface area contributed by atoms with Crippen molar-refractivity contribution < 1.29 is 9.63 Å². The van der Waals surface area contributed by atoms with Crippen LogP contribution in [0.2, 0.25) is 0 Å². The number of rotatable bonds is 2. The van der Waals surface area contributed by atoms with Crippen molar-refractivity contribution >= 4 is 12.1 Å². The van der Waals surface area contributed by atoms with E-state index in [-0.39, 0.29) is 11.9 Å². The molecule has 0 spiro atoms. The molecule has 1 atom stereocenters. The first kappa shape index (κ1) is 8.04. The molecular weight excluding hydrogens is 144 g/mol. The fourth-order valence-corrected chi connectivity index (χ4v) is 0.831. The van der Waals surface area contributed by atoms with Gasteiger partial charge >= 0.3 is 0 Å². The van der Waals surface area contributed by atoms with Gasteiger partial charge in [-0.25, -0.2) is 0 Å². The van der Waals surface area contributed by atoms with Crippen LogP contribution >= 0.6 is 0 Å². The molecule has 0 aromatic heterocycles. The van der Waals surface area contributed by atoms with Crippen molar-refractivity contribution in [2.45, 2.75) is 32.4 Å². The molecule has 0 radical (unpaired) electrons. The highest BCUT2D eigenvalue weighted by Crippen LogP contribution is 2.04. The van der Waals surface area contributed by atoms with E-state index in [9.17, 15) is 4.79 Å². The molecule has 0 saturated heterocycles. The normalized spacial score (nSPS) is 21.9. The Morgan fingerprint density at radius 2 is 2.55 bits per heavy atom. The topological polar surface area (TPSA) is 50.7 Å². The Bertz CT molecular complexity index is 169. The molecular formula is C7H12N2O2. The number of hydrogen-bond donors (Lipinski definition) is 1. The third kappa shape index (κ3) is 2.22. The lowest BCUT2D eigenvalue weighted by Gasteiger charge is -2.11. The number of oxime groups is 1. The largest absolute Gasteiger partial charge is 0.382 e. The fraction of sp³-hybridized carbons (Fsp3) is 0.714. The van der Waals surface area contributed by atoms with Gasteiger partial charge in [-0.1, -0.05) is 5.16 Å². The summed E-state index contributed by atoms with van der Waals surface area (Å²) in [5, 5.41) is 6.25. The highest BCUT2D eigenvalue weighted by atomic mass is 16.6. The van der Waals surface area contributed by atoms with E-state index in [2.05, 4.69) is 10.5 Å². The van der Waals surface area contributed by atoms with Gasteiger partial charge in [0.2, 0.25) is 6.10 Å². The van der Waals surface area contributed by atoms with Gasteiger partial charge in [0.1, 0.15) is 0 Å². The highest BCUT2D eigenvalue weighted by Gasteiger charge is 2.22. The predicted octanol–water partition coefficient (Wildman–Crippen LogP) is 0.286. The van der Waals surface area contributed by atoms with Gasteiger partial charge in [-0.15, -0.1) is 0 Å². The van der Waals surface area contributed by atoms with Crippen molar-refractivity contribution in [2.75, 3.05) is 0 Å². The Kier molecular flexibility index (Phi) is 2.46. The SMILES string of the molecule is CC(C)NC(=O)C1CC=NO1. The number of carbonyl (C=O) groups excluding carboxylic acids is 1. The van der Waals surface area contributed by atoms with Gasteiger partial charge in [-0.2, -0.15) is 0 Å². The molecule has 4 nitrogen and oxygen atoms in total. The molecule has 62 valence electrons. The lowest BCUT2D eigenvalue weighted by Crippen LogP contribution is -2.38. The Morgan fingerprint density at radius 3 is 3.00 bits per heavy atom. The van der Waals surface area contributed by atoms with Crippen LogP contribution in [-0.4, -0.2) is 24.3 Å². The Balaban J connectivity index is 2.30. The molecule has 4 heteroatoms. The van der Waals surface area contributed by atoms with Crippen LogP contribution in [0.4, 0.5) is 0 Å². The molecule has 0 bridgehead atoms. The van der Waals surface area contributed by atoms with Crippen molar-refractivity contribution in [1.82, 2.24) is 5.32 Å². The van der Waals surface area contributed by atoms with E-state index in [1.54, 1.807) is 6.21 Å². The molecule has 1 amide bonds. The van der Waals surface area contributed by atoms with Crippen molar-refractivity contribution in [3.8, 4) is 0 Å². The van der Waals surface area contributed by atoms with E-state index in [1.165, 1.54) is 0 Å². The van der Waals surface area contributed by atoms with E-state index in [4.69, 9.17) is 4.84 Å². The lowest BCUT2D eigenvalue weighted by molar-refractivity contribution is -0.131. The molecule has 1 rings (SSSR count). The third-order valence-corrected chi connectivity index (χ3v) is 1.31. The van der Waals surface area contributed by atoms with Crippen LogP contribution in [0.25, 0.3) is 0 Å². The fourth-order valence-electron chi connectivity index (χ4n) is 0.831. The minimum absolute atomic E-state index is 0.0856. The number of nitrogens with one attached hydrogen (secondary N) is 1. The van der Waals surface area contributed by atoms with Crippen LogP contribution in [0.1, 0.15) is 20.3 Å². The number of nitrogens with zero attached hydrogens (tertiary/aromatic N) is 1.